The van der Waals surface area contributed by atoms with Crippen molar-refractivity contribution in [3.63, 3.8) is 0 Å². The van der Waals surface area contributed by atoms with Crippen molar-refractivity contribution in [3.8, 4) is 0 Å². The van der Waals surface area contributed by atoms with Crippen LogP contribution in [0.25, 0.3) is 5.57 Å². The number of hydrogen-bond acceptors (Lipinski definition) is 2. The molecule has 3 heteroatoms. The average Bonchev–Trinajstić information content (AvgIpc) is 2.19. The molecule has 92 valence electrons. The topological polar surface area (TPSA) is 63.3 Å². The molecule has 17 heavy (non-hydrogen) atoms. The average molecular weight is 233 g/mol. The molecule has 0 aliphatic heterocycles. The number of rotatable bonds is 4. The Labute approximate surface area is 102 Å². The van der Waals surface area contributed by atoms with Gasteiger partial charge < -0.3 is 10.8 Å². The van der Waals surface area contributed by atoms with Gasteiger partial charge in [-0.15, -0.1) is 0 Å². The van der Waals surface area contributed by atoms with E-state index in [4.69, 9.17) is 10.8 Å². The Kier molecular flexibility index (Phi) is 3.94. The molecule has 3 N–H and O–H groups in total. The zero-order chi connectivity index (χ0) is 13.1. The van der Waals surface area contributed by atoms with E-state index in [1.54, 1.807) is 0 Å². The first-order valence-corrected chi connectivity index (χ1v) is 5.62. The fourth-order valence-corrected chi connectivity index (χ4v) is 2.13. The van der Waals surface area contributed by atoms with Crippen LogP contribution in [0, 0.1) is 5.41 Å². The van der Waals surface area contributed by atoms with Crippen molar-refractivity contribution in [3.05, 3.63) is 35.9 Å². The van der Waals surface area contributed by atoms with Crippen LogP contribution in [0.5, 0.6) is 0 Å². The summed E-state index contributed by atoms with van der Waals surface area (Å²) in [5.41, 5.74) is 8.07. The van der Waals surface area contributed by atoms with E-state index in [-0.39, 0.29) is 6.42 Å². The third kappa shape index (κ3) is 3.09. The molecule has 0 aromatic heterocycles. The monoisotopic (exact) mass is 233 g/mol. The van der Waals surface area contributed by atoms with E-state index in [1.165, 1.54) is 0 Å². The number of allylic oxidation sites excluding steroid dienone is 2. The summed E-state index contributed by atoms with van der Waals surface area (Å²) >= 11 is 0. The fraction of sp³-hybridized carbons (Fsp3) is 0.357. The summed E-state index contributed by atoms with van der Waals surface area (Å²) in [7, 11) is 0. The second-order valence-corrected chi connectivity index (χ2v) is 4.74. The first-order chi connectivity index (χ1) is 7.88. The van der Waals surface area contributed by atoms with Crippen LogP contribution < -0.4 is 5.73 Å². The van der Waals surface area contributed by atoms with Crippen molar-refractivity contribution in [1.82, 2.24) is 0 Å². The molecule has 0 aliphatic rings. The molecule has 1 aromatic rings. The fourth-order valence-electron chi connectivity index (χ4n) is 2.13. The lowest BCUT2D eigenvalue weighted by Crippen LogP contribution is -2.19. The Bertz CT molecular complexity index is 447. The number of anilines is 1. The Morgan fingerprint density at radius 2 is 2.00 bits per heavy atom. The number of aliphatic carboxylic acids is 1. The summed E-state index contributed by atoms with van der Waals surface area (Å²) in [6.45, 7) is 5.75. The number of carbonyl (C=O) groups is 1. The molecule has 0 saturated carbocycles. The van der Waals surface area contributed by atoms with Crippen LogP contribution in [-0.4, -0.2) is 11.1 Å². The Morgan fingerprint density at radius 3 is 2.47 bits per heavy atom. The van der Waals surface area contributed by atoms with E-state index in [2.05, 4.69) is 0 Å². The van der Waals surface area contributed by atoms with E-state index >= 15 is 0 Å². The maximum Gasteiger partial charge on any atom is 0.304 e. The van der Waals surface area contributed by atoms with Crippen LogP contribution in [0.2, 0.25) is 0 Å². The highest BCUT2D eigenvalue weighted by Gasteiger charge is 2.27. The van der Waals surface area contributed by atoms with Gasteiger partial charge in [-0.05, 0) is 18.6 Å². The lowest BCUT2D eigenvalue weighted by atomic mass is 9.77. The molecule has 0 fully saturated rings. The van der Waals surface area contributed by atoms with Crippen LogP contribution in [0.4, 0.5) is 5.69 Å². The van der Waals surface area contributed by atoms with Crippen LogP contribution in [0.3, 0.4) is 0 Å². The number of para-hydroxylation sites is 1. The van der Waals surface area contributed by atoms with E-state index in [0.29, 0.717) is 5.69 Å². The van der Waals surface area contributed by atoms with Gasteiger partial charge in [0.2, 0.25) is 0 Å². The van der Waals surface area contributed by atoms with Crippen LogP contribution in [0.15, 0.2) is 30.3 Å². The molecule has 1 aromatic carbocycles. The lowest BCUT2D eigenvalue weighted by Gasteiger charge is -2.27. The Morgan fingerprint density at radius 1 is 1.41 bits per heavy atom. The number of carboxylic acids is 1. The minimum atomic E-state index is -0.802. The highest BCUT2D eigenvalue weighted by atomic mass is 16.4. The summed E-state index contributed by atoms with van der Waals surface area (Å²) in [6, 6.07) is 7.53. The number of nitrogens with two attached hydrogens (primary N) is 1. The molecule has 0 bridgehead atoms. The van der Waals surface area contributed by atoms with Gasteiger partial charge in [-0.2, -0.15) is 0 Å². The van der Waals surface area contributed by atoms with Crippen LogP contribution in [0.1, 0.15) is 32.8 Å². The van der Waals surface area contributed by atoms with Crippen molar-refractivity contribution >= 4 is 17.2 Å². The van der Waals surface area contributed by atoms with Crippen molar-refractivity contribution in [2.24, 2.45) is 5.41 Å². The predicted octanol–water partition coefficient (Wildman–Crippen LogP) is 3.17. The molecule has 0 radical (unpaired) electrons. The van der Waals surface area contributed by atoms with Gasteiger partial charge in [-0.3, -0.25) is 4.79 Å². The smallest absolute Gasteiger partial charge is 0.304 e. The second-order valence-electron chi connectivity index (χ2n) is 4.74. The van der Waals surface area contributed by atoms with E-state index in [9.17, 15) is 4.79 Å². The van der Waals surface area contributed by atoms with Crippen LogP contribution in [-0.2, 0) is 4.79 Å². The number of benzene rings is 1. The Balaban J connectivity index is 3.18. The van der Waals surface area contributed by atoms with Gasteiger partial charge >= 0.3 is 5.97 Å². The Hall–Kier alpha value is -1.77. The quantitative estimate of drug-likeness (QED) is 0.785. The molecule has 0 unspecified atom stereocenters. The first-order valence-electron chi connectivity index (χ1n) is 5.62. The highest BCUT2D eigenvalue weighted by Crippen LogP contribution is 2.39. The standard InChI is InChI=1S/C14H19NO2/c1-4-11(14(2,3)9-13(16)17)10-7-5-6-8-12(10)15/h4-8H,9,15H2,1-3H3,(H,16,17)/b11-4+. The SMILES string of the molecule is C/C=C(\c1ccccc1N)C(C)(C)CC(=O)O. The molecule has 0 amide bonds. The van der Waals surface area contributed by atoms with Gasteiger partial charge in [0, 0.05) is 16.7 Å². The molecule has 0 heterocycles. The summed E-state index contributed by atoms with van der Waals surface area (Å²) in [6.07, 6.45) is 2.02. The normalized spacial score (nSPS) is 12.5. The third-order valence-corrected chi connectivity index (χ3v) is 2.86. The van der Waals surface area contributed by atoms with Crippen molar-refractivity contribution < 1.29 is 9.90 Å². The molecule has 0 spiro atoms. The van der Waals surface area contributed by atoms with Crippen molar-refractivity contribution in [2.45, 2.75) is 27.2 Å². The number of nitrogen functional groups attached to an aromatic ring is 1. The zero-order valence-corrected chi connectivity index (χ0v) is 10.5. The summed E-state index contributed by atoms with van der Waals surface area (Å²) in [5, 5.41) is 8.95. The predicted molar refractivity (Wildman–Crippen MR) is 70.5 cm³/mol. The van der Waals surface area contributed by atoms with Gasteiger partial charge in [0.15, 0.2) is 0 Å². The minimum Gasteiger partial charge on any atom is -0.481 e. The lowest BCUT2D eigenvalue weighted by molar-refractivity contribution is -0.138. The van der Waals surface area contributed by atoms with Gasteiger partial charge in [-0.25, -0.2) is 0 Å². The highest BCUT2D eigenvalue weighted by molar-refractivity contribution is 5.81. The summed E-state index contributed by atoms with van der Waals surface area (Å²) in [4.78, 5) is 10.9. The van der Waals surface area contributed by atoms with E-state index < -0.39 is 11.4 Å². The first kappa shape index (κ1) is 13.3. The second kappa shape index (κ2) is 5.04. The van der Waals surface area contributed by atoms with Gasteiger partial charge in [-0.1, -0.05) is 38.1 Å². The molecule has 0 aliphatic carbocycles. The number of hydrogen-bond donors (Lipinski definition) is 2. The maximum absolute atomic E-state index is 10.9. The van der Waals surface area contributed by atoms with E-state index in [1.807, 2.05) is 51.1 Å². The molecular weight excluding hydrogens is 214 g/mol. The van der Waals surface area contributed by atoms with Crippen LogP contribution >= 0.6 is 0 Å². The third-order valence-electron chi connectivity index (χ3n) is 2.86. The summed E-state index contributed by atoms with van der Waals surface area (Å²) < 4.78 is 0. The molecule has 3 nitrogen and oxygen atoms in total. The maximum atomic E-state index is 10.9. The molecule has 0 saturated heterocycles. The number of carboxylic acid groups (broad SMARTS) is 1. The van der Waals surface area contributed by atoms with E-state index in [0.717, 1.165) is 11.1 Å². The molecule has 0 atom stereocenters. The van der Waals surface area contributed by atoms with Crippen molar-refractivity contribution in [1.29, 1.82) is 0 Å². The van der Waals surface area contributed by atoms with Gasteiger partial charge in [0.1, 0.15) is 0 Å². The largest absolute Gasteiger partial charge is 0.481 e. The summed E-state index contributed by atoms with van der Waals surface area (Å²) in [5.74, 6) is -0.802. The molecular formula is C14H19NO2. The minimum absolute atomic E-state index is 0.0843. The van der Waals surface area contributed by atoms with Crippen molar-refractivity contribution in [2.75, 3.05) is 5.73 Å². The van der Waals surface area contributed by atoms with Gasteiger partial charge in [0.05, 0.1) is 6.42 Å². The van der Waals surface area contributed by atoms with Gasteiger partial charge in [0.25, 0.3) is 0 Å². The molecule has 1 rings (SSSR count). The zero-order valence-electron chi connectivity index (χ0n) is 10.5.